The van der Waals surface area contributed by atoms with Gasteiger partial charge in [-0.25, -0.2) is 9.07 Å². The van der Waals surface area contributed by atoms with E-state index in [9.17, 15) is 4.39 Å². The highest BCUT2D eigenvalue weighted by atomic mass is 19.1. The predicted octanol–water partition coefficient (Wildman–Crippen LogP) is 4.46. The molecule has 4 rings (SSSR count). The fourth-order valence-electron chi connectivity index (χ4n) is 3.44. The summed E-state index contributed by atoms with van der Waals surface area (Å²) >= 11 is 0. The first kappa shape index (κ1) is 16.3. The van der Waals surface area contributed by atoms with Gasteiger partial charge in [-0.2, -0.15) is 10.4 Å². The molecule has 0 saturated carbocycles. The van der Waals surface area contributed by atoms with Gasteiger partial charge in [0.2, 0.25) is 0 Å². The van der Waals surface area contributed by atoms with E-state index in [0.29, 0.717) is 11.3 Å². The Kier molecular flexibility index (Phi) is 4.18. The lowest BCUT2D eigenvalue weighted by atomic mass is 10.1. The van der Waals surface area contributed by atoms with Crippen LogP contribution in [0.15, 0.2) is 48.5 Å². The summed E-state index contributed by atoms with van der Waals surface area (Å²) in [4.78, 5) is 2.21. The van der Waals surface area contributed by atoms with Gasteiger partial charge in [-0.3, -0.25) is 0 Å². The van der Waals surface area contributed by atoms with Gasteiger partial charge in [0, 0.05) is 24.3 Å². The molecule has 0 unspecified atom stereocenters. The van der Waals surface area contributed by atoms with Gasteiger partial charge >= 0.3 is 0 Å². The van der Waals surface area contributed by atoms with Crippen molar-refractivity contribution in [3.05, 3.63) is 65.6 Å². The van der Waals surface area contributed by atoms with Crippen molar-refractivity contribution in [2.45, 2.75) is 19.8 Å². The lowest BCUT2D eigenvalue weighted by Crippen LogP contribution is -2.18. The van der Waals surface area contributed by atoms with Crippen molar-refractivity contribution < 1.29 is 4.39 Å². The number of halogens is 1. The molecule has 0 radical (unpaired) electrons. The Morgan fingerprint density at radius 3 is 2.42 bits per heavy atom. The summed E-state index contributed by atoms with van der Waals surface area (Å²) in [6.07, 6.45) is 2.31. The lowest BCUT2D eigenvalue weighted by Gasteiger charge is -2.18. The number of hydrogen-bond acceptors (Lipinski definition) is 3. The fraction of sp³-hybridized carbons (Fsp3) is 0.238. The molecule has 0 amide bonds. The molecule has 1 saturated heterocycles. The smallest absolute Gasteiger partial charge is 0.150 e. The molecular formula is C21H19FN4. The summed E-state index contributed by atoms with van der Waals surface area (Å²) < 4.78 is 16.5. The minimum absolute atomic E-state index is 0.285. The highest BCUT2D eigenvalue weighted by molar-refractivity contribution is 5.64. The molecular weight excluding hydrogens is 327 g/mol. The SMILES string of the molecule is Cc1cc(-c2ccc(C#N)cc2)n(-c2ccc(N3CCCC3)cc2F)n1. The van der Waals surface area contributed by atoms with E-state index in [2.05, 4.69) is 16.1 Å². The van der Waals surface area contributed by atoms with Gasteiger partial charge in [0.25, 0.3) is 0 Å². The van der Waals surface area contributed by atoms with Gasteiger partial charge in [-0.05, 0) is 56.2 Å². The molecule has 3 aromatic rings. The van der Waals surface area contributed by atoms with Crippen LogP contribution in [0, 0.1) is 24.1 Å². The number of rotatable bonds is 3. The van der Waals surface area contributed by atoms with E-state index in [-0.39, 0.29) is 5.82 Å². The van der Waals surface area contributed by atoms with Gasteiger partial charge < -0.3 is 4.90 Å². The molecule has 0 aliphatic carbocycles. The van der Waals surface area contributed by atoms with Gasteiger partial charge in [-0.1, -0.05) is 12.1 Å². The van der Waals surface area contributed by atoms with Crippen LogP contribution in [0.25, 0.3) is 16.9 Å². The molecule has 0 atom stereocenters. The Morgan fingerprint density at radius 2 is 1.77 bits per heavy atom. The number of aromatic nitrogens is 2. The summed E-state index contributed by atoms with van der Waals surface area (Å²) in [5.41, 5.74) is 4.46. The van der Waals surface area contributed by atoms with Crippen LogP contribution in [0.1, 0.15) is 24.1 Å². The van der Waals surface area contributed by atoms with E-state index in [4.69, 9.17) is 5.26 Å². The van der Waals surface area contributed by atoms with Crippen LogP contribution in [0.3, 0.4) is 0 Å². The Balaban J connectivity index is 1.75. The maximum atomic E-state index is 14.9. The first-order valence-corrected chi connectivity index (χ1v) is 8.78. The van der Waals surface area contributed by atoms with Gasteiger partial charge in [0.05, 0.1) is 23.0 Å². The van der Waals surface area contributed by atoms with Crippen LogP contribution in [-0.4, -0.2) is 22.9 Å². The average Bonchev–Trinajstić information content (AvgIpc) is 3.31. The van der Waals surface area contributed by atoms with Gasteiger partial charge in [-0.15, -0.1) is 0 Å². The molecule has 0 N–H and O–H groups in total. The molecule has 2 aromatic carbocycles. The second kappa shape index (κ2) is 6.64. The second-order valence-corrected chi connectivity index (χ2v) is 6.60. The topological polar surface area (TPSA) is 44.9 Å². The first-order valence-electron chi connectivity index (χ1n) is 8.78. The number of benzene rings is 2. The maximum Gasteiger partial charge on any atom is 0.150 e. The number of anilines is 1. The summed E-state index contributed by atoms with van der Waals surface area (Å²) in [6, 6.07) is 16.6. The quantitative estimate of drug-likeness (QED) is 0.703. The molecule has 5 heteroatoms. The fourth-order valence-corrected chi connectivity index (χ4v) is 3.44. The first-order chi connectivity index (χ1) is 12.7. The van der Waals surface area contributed by atoms with Crippen LogP contribution in [-0.2, 0) is 0 Å². The number of aryl methyl sites for hydroxylation is 1. The van der Waals surface area contributed by atoms with Gasteiger partial charge in [0.15, 0.2) is 5.82 Å². The van der Waals surface area contributed by atoms with Crippen LogP contribution < -0.4 is 4.90 Å². The number of nitrogens with zero attached hydrogens (tertiary/aromatic N) is 4. The van der Waals surface area contributed by atoms with E-state index in [1.807, 2.05) is 31.2 Å². The van der Waals surface area contributed by atoms with E-state index < -0.39 is 0 Å². The van der Waals surface area contributed by atoms with Crippen molar-refractivity contribution in [2.24, 2.45) is 0 Å². The van der Waals surface area contributed by atoms with Crippen molar-refractivity contribution in [1.29, 1.82) is 5.26 Å². The third-order valence-electron chi connectivity index (χ3n) is 4.77. The van der Waals surface area contributed by atoms with Crippen molar-refractivity contribution in [3.8, 4) is 23.0 Å². The van der Waals surface area contributed by atoms with Crippen LogP contribution in [0.2, 0.25) is 0 Å². The summed E-state index contributed by atoms with van der Waals surface area (Å²) in [5, 5.41) is 13.5. The Morgan fingerprint density at radius 1 is 1.04 bits per heavy atom. The molecule has 0 spiro atoms. The van der Waals surface area contributed by atoms with E-state index >= 15 is 0 Å². The predicted molar refractivity (Wildman–Crippen MR) is 99.9 cm³/mol. The van der Waals surface area contributed by atoms with Crippen LogP contribution >= 0.6 is 0 Å². The Hall–Kier alpha value is -3.13. The second-order valence-electron chi connectivity index (χ2n) is 6.60. The van der Waals surface area contributed by atoms with Crippen LogP contribution in [0.4, 0.5) is 10.1 Å². The standard InChI is InChI=1S/C21H19FN4/c1-15-12-21(17-6-4-16(14-23)5-7-17)26(24-15)20-9-8-18(13-19(20)22)25-10-2-3-11-25/h4-9,12-13H,2-3,10-11H2,1H3. The molecule has 0 bridgehead atoms. The minimum Gasteiger partial charge on any atom is -0.371 e. The highest BCUT2D eigenvalue weighted by Crippen LogP contribution is 2.28. The third-order valence-corrected chi connectivity index (χ3v) is 4.77. The van der Waals surface area contributed by atoms with E-state index in [0.717, 1.165) is 48.6 Å². The molecule has 130 valence electrons. The van der Waals surface area contributed by atoms with Crippen LogP contribution in [0.5, 0.6) is 0 Å². The lowest BCUT2D eigenvalue weighted by molar-refractivity contribution is 0.610. The molecule has 1 aliphatic rings. The highest BCUT2D eigenvalue weighted by Gasteiger charge is 2.17. The zero-order valence-electron chi connectivity index (χ0n) is 14.6. The number of nitriles is 1. The molecule has 2 heterocycles. The number of hydrogen-bond donors (Lipinski definition) is 0. The maximum absolute atomic E-state index is 14.9. The normalized spacial score (nSPS) is 13.8. The Labute approximate surface area is 152 Å². The zero-order chi connectivity index (χ0) is 18.1. The van der Waals surface area contributed by atoms with Crippen molar-refractivity contribution >= 4 is 5.69 Å². The monoisotopic (exact) mass is 346 g/mol. The third kappa shape index (κ3) is 2.95. The summed E-state index contributed by atoms with van der Waals surface area (Å²) in [7, 11) is 0. The summed E-state index contributed by atoms with van der Waals surface area (Å²) in [5.74, 6) is -0.285. The van der Waals surface area contributed by atoms with E-state index in [1.54, 1.807) is 28.9 Å². The zero-order valence-corrected chi connectivity index (χ0v) is 14.6. The minimum atomic E-state index is -0.285. The van der Waals surface area contributed by atoms with Crippen molar-refractivity contribution in [3.63, 3.8) is 0 Å². The van der Waals surface area contributed by atoms with E-state index in [1.165, 1.54) is 0 Å². The molecule has 4 nitrogen and oxygen atoms in total. The van der Waals surface area contributed by atoms with Gasteiger partial charge in [0.1, 0.15) is 5.69 Å². The average molecular weight is 346 g/mol. The van der Waals surface area contributed by atoms with Crippen molar-refractivity contribution in [1.82, 2.24) is 9.78 Å². The molecule has 1 aliphatic heterocycles. The summed E-state index contributed by atoms with van der Waals surface area (Å²) in [6.45, 7) is 3.85. The largest absolute Gasteiger partial charge is 0.371 e. The van der Waals surface area contributed by atoms with Crippen molar-refractivity contribution in [2.75, 3.05) is 18.0 Å². The molecule has 26 heavy (non-hydrogen) atoms. The molecule has 1 fully saturated rings. The molecule has 1 aromatic heterocycles. The Bertz CT molecular complexity index is 976.